The SMILES string of the molecule is C#C[C@@]1(O)CC[C@@H]2[C@@H]3CCC4=C/C(=N/OCC(=O)N[C@H](C(=O)N[C@@H](CC(C)C)C(=O)O)C(C)C)CC[C@]4(C)[C@@H]3CC[C@@]21C. The third-order valence-electron chi connectivity index (χ3n) is 11.3. The highest BCUT2D eigenvalue weighted by molar-refractivity contribution is 5.96. The molecule has 0 unspecified atom stereocenters. The van der Waals surface area contributed by atoms with E-state index in [1.54, 1.807) is 13.8 Å². The van der Waals surface area contributed by atoms with Gasteiger partial charge in [-0.15, -0.1) is 6.42 Å². The van der Waals surface area contributed by atoms with Crippen LogP contribution in [0, 0.1) is 52.8 Å². The van der Waals surface area contributed by atoms with Gasteiger partial charge in [0.15, 0.2) is 6.61 Å². The zero-order chi connectivity index (χ0) is 31.7. The summed E-state index contributed by atoms with van der Waals surface area (Å²) in [5.74, 6) is 2.04. The molecule has 0 aromatic rings. The molecule has 4 rings (SSSR count). The lowest BCUT2D eigenvalue weighted by Crippen LogP contribution is -2.54. The molecular formula is C34H51N3O6. The Morgan fingerprint density at radius 1 is 1.07 bits per heavy atom. The summed E-state index contributed by atoms with van der Waals surface area (Å²) in [6.07, 6.45) is 15.8. The first-order valence-corrected chi connectivity index (χ1v) is 16.1. The van der Waals surface area contributed by atoms with E-state index in [1.807, 2.05) is 13.8 Å². The minimum atomic E-state index is -1.10. The van der Waals surface area contributed by atoms with Crippen LogP contribution in [-0.2, 0) is 19.2 Å². The first kappa shape index (κ1) is 33.0. The summed E-state index contributed by atoms with van der Waals surface area (Å²) in [6, 6.07) is -1.91. The van der Waals surface area contributed by atoms with Gasteiger partial charge in [-0.2, -0.15) is 0 Å². The van der Waals surface area contributed by atoms with Gasteiger partial charge < -0.3 is 25.7 Å². The molecule has 0 radical (unpaired) electrons. The van der Waals surface area contributed by atoms with Crippen molar-refractivity contribution in [1.82, 2.24) is 10.6 Å². The molecule has 0 aliphatic heterocycles. The molecule has 0 spiro atoms. The number of carbonyl (C=O) groups excluding carboxylic acids is 2. The zero-order valence-corrected chi connectivity index (χ0v) is 26.7. The smallest absolute Gasteiger partial charge is 0.326 e. The largest absolute Gasteiger partial charge is 0.480 e. The van der Waals surface area contributed by atoms with Crippen LogP contribution in [0.2, 0.25) is 0 Å². The van der Waals surface area contributed by atoms with Crippen molar-refractivity contribution in [2.45, 2.75) is 117 Å². The first-order valence-electron chi connectivity index (χ1n) is 16.1. The maximum Gasteiger partial charge on any atom is 0.326 e. The molecule has 2 amide bonds. The van der Waals surface area contributed by atoms with Crippen molar-refractivity contribution >= 4 is 23.5 Å². The number of aliphatic hydroxyl groups is 1. The summed E-state index contributed by atoms with van der Waals surface area (Å²) in [5.41, 5.74) is 1.09. The van der Waals surface area contributed by atoms with E-state index in [2.05, 4.69) is 41.6 Å². The summed E-state index contributed by atoms with van der Waals surface area (Å²) in [4.78, 5) is 42.6. The molecule has 0 saturated heterocycles. The topological polar surface area (TPSA) is 137 Å². The van der Waals surface area contributed by atoms with Gasteiger partial charge in [-0.05, 0) is 98.9 Å². The average Bonchev–Trinajstić information content (AvgIpc) is 3.21. The number of nitrogens with zero attached hydrogens (tertiary/aromatic N) is 1. The number of terminal acetylenes is 1. The summed E-state index contributed by atoms with van der Waals surface area (Å²) in [7, 11) is 0. The second-order valence-corrected chi connectivity index (χ2v) is 14.7. The molecular weight excluding hydrogens is 546 g/mol. The Bertz CT molecular complexity index is 1200. The monoisotopic (exact) mass is 597 g/mol. The van der Waals surface area contributed by atoms with Crippen LogP contribution in [0.1, 0.15) is 99.3 Å². The summed E-state index contributed by atoms with van der Waals surface area (Å²) < 4.78 is 0. The number of carboxylic acids is 1. The predicted molar refractivity (Wildman–Crippen MR) is 165 cm³/mol. The fourth-order valence-electron chi connectivity index (χ4n) is 8.77. The van der Waals surface area contributed by atoms with Gasteiger partial charge in [-0.1, -0.05) is 58.2 Å². The molecule has 9 nitrogen and oxygen atoms in total. The molecule has 0 heterocycles. The number of amides is 2. The van der Waals surface area contributed by atoms with Gasteiger partial charge in [0.2, 0.25) is 5.91 Å². The summed E-state index contributed by atoms with van der Waals surface area (Å²) in [6.45, 7) is 11.6. The highest BCUT2D eigenvalue weighted by atomic mass is 16.6. The first-order chi connectivity index (χ1) is 20.1. The lowest BCUT2D eigenvalue weighted by molar-refractivity contribution is -0.143. The molecule has 8 atom stereocenters. The highest BCUT2D eigenvalue weighted by Crippen LogP contribution is 2.67. The molecule has 4 aliphatic carbocycles. The van der Waals surface area contributed by atoms with Crippen LogP contribution < -0.4 is 10.6 Å². The standard InChI is InChI=1S/C34H51N3O6/c1-8-34(42)16-13-26-24-10-9-22-18-23(11-14-32(22,6)25(24)12-15-33(26,34)7)37-43-19-28(38)36-29(21(4)5)30(39)35-27(31(40)41)17-20(2)3/h1,18,20-21,24-27,29,42H,9-17,19H2,2-7H3,(H,35,39)(H,36,38)(H,40,41)/b37-23+/t24-,25-,26-,27+,29+,32+,33+,34-/m1/s1. The van der Waals surface area contributed by atoms with Gasteiger partial charge in [0.05, 0.1) is 5.71 Å². The van der Waals surface area contributed by atoms with E-state index in [4.69, 9.17) is 11.3 Å². The Morgan fingerprint density at radius 3 is 2.40 bits per heavy atom. The molecule has 3 fully saturated rings. The summed E-state index contributed by atoms with van der Waals surface area (Å²) >= 11 is 0. The van der Waals surface area contributed by atoms with Crippen molar-refractivity contribution < 1.29 is 29.4 Å². The number of oxime groups is 1. The second-order valence-electron chi connectivity index (χ2n) is 14.7. The molecule has 0 aromatic heterocycles. The highest BCUT2D eigenvalue weighted by Gasteiger charge is 2.63. The van der Waals surface area contributed by atoms with Crippen LogP contribution in [0.3, 0.4) is 0 Å². The van der Waals surface area contributed by atoms with E-state index in [0.717, 1.165) is 50.7 Å². The van der Waals surface area contributed by atoms with E-state index in [-0.39, 0.29) is 29.3 Å². The van der Waals surface area contributed by atoms with Crippen molar-refractivity contribution in [3.8, 4) is 12.3 Å². The lowest BCUT2D eigenvalue weighted by Gasteiger charge is -2.58. The van der Waals surface area contributed by atoms with E-state index < -0.39 is 35.5 Å². The van der Waals surface area contributed by atoms with Crippen LogP contribution in [-0.4, -0.2) is 58.0 Å². The minimum absolute atomic E-state index is 0.0821. The molecule has 4 aliphatic rings. The summed E-state index contributed by atoms with van der Waals surface area (Å²) in [5, 5.41) is 30.2. The van der Waals surface area contributed by atoms with Gasteiger partial charge in [0.1, 0.15) is 17.7 Å². The normalized spacial score (nSPS) is 35.6. The van der Waals surface area contributed by atoms with Crippen LogP contribution >= 0.6 is 0 Å². The van der Waals surface area contributed by atoms with Crippen LogP contribution in [0.25, 0.3) is 0 Å². The number of carbonyl (C=O) groups is 3. The quantitative estimate of drug-likeness (QED) is 0.217. The van der Waals surface area contributed by atoms with E-state index in [1.165, 1.54) is 5.57 Å². The maximum absolute atomic E-state index is 12.8. The minimum Gasteiger partial charge on any atom is -0.480 e. The van der Waals surface area contributed by atoms with Crippen molar-refractivity contribution in [2.75, 3.05) is 6.61 Å². The Hall–Kier alpha value is -2.86. The van der Waals surface area contributed by atoms with Gasteiger partial charge in [0, 0.05) is 5.41 Å². The molecule has 238 valence electrons. The molecule has 0 aromatic carbocycles. The zero-order valence-electron chi connectivity index (χ0n) is 26.7. The number of aliphatic carboxylic acids is 1. The van der Waals surface area contributed by atoms with Crippen molar-refractivity contribution in [3.63, 3.8) is 0 Å². The number of allylic oxidation sites excluding steroid dienone is 2. The number of nitrogens with one attached hydrogen (secondary N) is 2. The second kappa shape index (κ2) is 12.6. The molecule has 43 heavy (non-hydrogen) atoms. The van der Waals surface area contributed by atoms with Crippen LogP contribution in [0.5, 0.6) is 0 Å². The maximum atomic E-state index is 12.8. The van der Waals surface area contributed by atoms with E-state index in [0.29, 0.717) is 30.6 Å². The van der Waals surface area contributed by atoms with Gasteiger partial charge in [0.25, 0.3) is 5.91 Å². The predicted octanol–water partition coefficient (Wildman–Crippen LogP) is 4.44. The van der Waals surface area contributed by atoms with Gasteiger partial charge >= 0.3 is 5.97 Å². The number of hydrogen-bond acceptors (Lipinski definition) is 6. The Morgan fingerprint density at radius 2 is 1.77 bits per heavy atom. The van der Waals surface area contributed by atoms with E-state index in [9.17, 15) is 24.6 Å². The van der Waals surface area contributed by atoms with Crippen molar-refractivity contribution in [2.24, 2.45) is 45.6 Å². The fourth-order valence-corrected chi connectivity index (χ4v) is 8.77. The Labute approximate surface area is 256 Å². The molecule has 4 N–H and O–H groups in total. The van der Waals surface area contributed by atoms with Crippen molar-refractivity contribution in [1.29, 1.82) is 0 Å². The number of rotatable bonds is 10. The third kappa shape index (κ3) is 6.36. The molecule has 3 saturated carbocycles. The van der Waals surface area contributed by atoms with Crippen molar-refractivity contribution in [3.05, 3.63) is 11.6 Å². The third-order valence-corrected chi connectivity index (χ3v) is 11.3. The van der Waals surface area contributed by atoms with Crippen LogP contribution in [0.4, 0.5) is 0 Å². The Balaban J connectivity index is 1.35. The number of carboxylic acid groups (broad SMARTS) is 1. The molecule has 9 heteroatoms. The van der Waals surface area contributed by atoms with Gasteiger partial charge in [-0.25, -0.2) is 4.79 Å². The fraction of sp³-hybridized carbons (Fsp3) is 0.765. The van der Waals surface area contributed by atoms with Crippen LogP contribution in [0.15, 0.2) is 16.8 Å². The van der Waals surface area contributed by atoms with Gasteiger partial charge in [-0.3, -0.25) is 9.59 Å². The lowest BCUT2D eigenvalue weighted by atomic mass is 9.46. The van der Waals surface area contributed by atoms with E-state index >= 15 is 0 Å². The average molecular weight is 598 g/mol. The Kier molecular flexibility index (Phi) is 9.71. The molecule has 0 bridgehead atoms. The number of fused-ring (bicyclic) bond motifs is 5. The number of hydrogen-bond donors (Lipinski definition) is 4.